The molecule has 0 aliphatic rings. The predicted octanol–water partition coefficient (Wildman–Crippen LogP) is 2.58. The SMILES string of the molecule is Cc1ccccc1-c1cn(C)cc1N. The Kier molecular flexibility index (Phi) is 2.04. The van der Waals surface area contributed by atoms with Crippen LogP contribution in [0.3, 0.4) is 0 Å². The number of aromatic nitrogens is 1. The second-order valence-corrected chi connectivity index (χ2v) is 3.61. The first-order chi connectivity index (χ1) is 6.68. The maximum atomic E-state index is 5.92. The van der Waals surface area contributed by atoms with Crippen LogP contribution in [0.15, 0.2) is 36.7 Å². The summed E-state index contributed by atoms with van der Waals surface area (Å²) in [7, 11) is 1.98. The molecule has 0 amide bonds. The number of hydrogen-bond donors (Lipinski definition) is 1. The van der Waals surface area contributed by atoms with Crippen molar-refractivity contribution >= 4 is 5.69 Å². The van der Waals surface area contributed by atoms with Gasteiger partial charge in [0.15, 0.2) is 0 Å². The molecular formula is C12H14N2. The summed E-state index contributed by atoms with van der Waals surface area (Å²) in [6.45, 7) is 2.10. The molecule has 0 saturated carbocycles. The number of nitrogens with two attached hydrogens (primary N) is 1. The lowest BCUT2D eigenvalue weighted by Crippen LogP contribution is -1.86. The van der Waals surface area contributed by atoms with Gasteiger partial charge in [0.25, 0.3) is 0 Å². The molecule has 0 bridgehead atoms. The highest BCUT2D eigenvalue weighted by molar-refractivity contribution is 5.77. The summed E-state index contributed by atoms with van der Waals surface area (Å²) >= 11 is 0. The molecule has 14 heavy (non-hydrogen) atoms. The number of benzene rings is 1. The molecule has 0 aliphatic carbocycles. The topological polar surface area (TPSA) is 30.9 Å². The molecule has 1 heterocycles. The van der Waals surface area contributed by atoms with Gasteiger partial charge < -0.3 is 10.3 Å². The number of aryl methyl sites for hydroxylation is 2. The summed E-state index contributed by atoms with van der Waals surface area (Å²) in [5, 5.41) is 0. The number of rotatable bonds is 1. The summed E-state index contributed by atoms with van der Waals surface area (Å²) in [6, 6.07) is 8.27. The molecule has 2 N–H and O–H groups in total. The Morgan fingerprint density at radius 1 is 1.07 bits per heavy atom. The van der Waals surface area contributed by atoms with Crippen molar-refractivity contribution in [3.05, 3.63) is 42.2 Å². The Morgan fingerprint density at radius 2 is 1.79 bits per heavy atom. The fraction of sp³-hybridized carbons (Fsp3) is 0.167. The first-order valence-corrected chi connectivity index (χ1v) is 4.66. The fourth-order valence-corrected chi connectivity index (χ4v) is 1.70. The quantitative estimate of drug-likeness (QED) is 0.729. The van der Waals surface area contributed by atoms with Gasteiger partial charge in [0, 0.05) is 25.0 Å². The van der Waals surface area contributed by atoms with Crippen molar-refractivity contribution in [1.82, 2.24) is 4.57 Å². The van der Waals surface area contributed by atoms with E-state index < -0.39 is 0 Å². The number of nitrogens with zero attached hydrogens (tertiary/aromatic N) is 1. The molecule has 2 nitrogen and oxygen atoms in total. The molecule has 1 aromatic carbocycles. The lowest BCUT2D eigenvalue weighted by atomic mass is 10.0. The molecule has 72 valence electrons. The highest BCUT2D eigenvalue weighted by atomic mass is 14.9. The molecule has 2 heteroatoms. The van der Waals surface area contributed by atoms with Gasteiger partial charge in [-0.05, 0) is 18.1 Å². The fourth-order valence-electron chi connectivity index (χ4n) is 1.70. The second kappa shape index (κ2) is 3.22. The van der Waals surface area contributed by atoms with E-state index in [1.54, 1.807) is 0 Å². The normalized spacial score (nSPS) is 10.4. The summed E-state index contributed by atoms with van der Waals surface area (Å²) < 4.78 is 1.98. The summed E-state index contributed by atoms with van der Waals surface area (Å²) in [5.41, 5.74) is 10.3. The molecular weight excluding hydrogens is 172 g/mol. The van der Waals surface area contributed by atoms with Gasteiger partial charge >= 0.3 is 0 Å². The van der Waals surface area contributed by atoms with Crippen molar-refractivity contribution in [2.24, 2.45) is 7.05 Å². The third-order valence-corrected chi connectivity index (χ3v) is 2.42. The van der Waals surface area contributed by atoms with Gasteiger partial charge in [0.2, 0.25) is 0 Å². The standard InChI is InChI=1S/C12H14N2/c1-9-5-3-4-6-10(9)11-7-14(2)8-12(11)13/h3-8H,13H2,1-2H3. The number of hydrogen-bond acceptors (Lipinski definition) is 1. The first kappa shape index (κ1) is 8.88. The summed E-state index contributed by atoms with van der Waals surface area (Å²) in [4.78, 5) is 0. The van der Waals surface area contributed by atoms with E-state index in [1.165, 1.54) is 11.1 Å². The lowest BCUT2D eigenvalue weighted by Gasteiger charge is -2.03. The minimum atomic E-state index is 0.835. The average molecular weight is 186 g/mol. The minimum absolute atomic E-state index is 0.835. The van der Waals surface area contributed by atoms with Crippen molar-refractivity contribution in [1.29, 1.82) is 0 Å². The van der Waals surface area contributed by atoms with Crippen LogP contribution >= 0.6 is 0 Å². The van der Waals surface area contributed by atoms with Crippen LogP contribution in [0.5, 0.6) is 0 Å². The number of anilines is 1. The third kappa shape index (κ3) is 1.39. The van der Waals surface area contributed by atoms with E-state index >= 15 is 0 Å². The molecule has 1 aromatic heterocycles. The Morgan fingerprint density at radius 3 is 2.36 bits per heavy atom. The highest BCUT2D eigenvalue weighted by Crippen LogP contribution is 2.28. The van der Waals surface area contributed by atoms with Gasteiger partial charge in [0.05, 0.1) is 5.69 Å². The third-order valence-electron chi connectivity index (χ3n) is 2.42. The zero-order chi connectivity index (χ0) is 10.1. The molecule has 0 aliphatic heterocycles. The zero-order valence-electron chi connectivity index (χ0n) is 8.49. The van der Waals surface area contributed by atoms with Gasteiger partial charge in [0.1, 0.15) is 0 Å². The largest absolute Gasteiger partial charge is 0.397 e. The van der Waals surface area contributed by atoms with E-state index in [-0.39, 0.29) is 0 Å². The van der Waals surface area contributed by atoms with Crippen LogP contribution in [-0.2, 0) is 7.05 Å². The van der Waals surface area contributed by atoms with E-state index in [2.05, 4.69) is 25.3 Å². The van der Waals surface area contributed by atoms with E-state index in [1.807, 2.05) is 29.9 Å². The Bertz CT molecular complexity index is 455. The van der Waals surface area contributed by atoms with E-state index in [9.17, 15) is 0 Å². The molecule has 0 saturated heterocycles. The molecule has 2 aromatic rings. The second-order valence-electron chi connectivity index (χ2n) is 3.61. The maximum absolute atomic E-state index is 5.92. The molecule has 0 unspecified atom stereocenters. The van der Waals surface area contributed by atoms with Crippen LogP contribution in [0.1, 0.15) is 5.56 Å². The molecule has 0 radical (unpaired) electrons. The van der Waals surface area contributed by atoms with Crippen molar-refractivity contribution in [2.45, 2.75) is 6.92 Å². The lowest BCUT2D eigenvalue weighted by molar-refractivity contribution is 0.929. The van der Waals surface area contributed by atoms with E-state index in [0.29, 0.717) is 0 Å². The van der Waals surface area contributed by atoms with Crippen LogP contribution < -0.4 is 5.73 Å². The van der Waals surface area contributed by atoms with Crippen LogP contribution in [0.2, 0.25) is 0 Å². The Balaban J connectivity index is 2.60. The van der Waals surface area contributed by atoms with E-state index in [4.69, 9.17) is 5.73 Å². The summed E-state index contributed by atoms with van der Waals surface area (Å²) in [5.74, 6) is 0. The zero-order valence-corrected chi connectivity index (χ0v) is 8.49. The van der Waals surface area contributed by atoms with Gasteiger partial charge in [-0.3, -0.25) is 0 Å². The van der Waals surface area contributed by atoms with Crippen LogP contribution in [0.4, 0.5) is 5.69 Å². The van der Waals surface area contributed by atoms with Crippen LogP contribution in [0, 0.1) is 6.92 Å². The first-order valence-electron chi connectivity index (χ1n) is 4.66. The van der Waals surface area contributed by atoms with Gasteiger partial charge in [-0.1, -0.05) is 24.3 Å². The van der Waals surface area contributed by atoms with Crippen molar-refractivity contribution < 1.29 is 0 Å². The Hall–Kier alpha value is -1.70. The molecule has 0 spiro atoms. The van der Waals surface area contributed by atoms with Crippen molar-refractivity contribution in [2.75, 3.05) is 5.73 Å². The van der Waals surface area contributed by atoms with Gasteiger partial charge in [-0.2, -0.15) is 0 Å². The highest BCUT2D eigenvalue weighted by Gasteiger charge is 2.06. The average Bonchev–Trinajstić information content (AvgIpc) is 2.46. The molecule has 0 atom stereocenters. The summed E-state index contributed by atoms with van der Waals surface area (Å²) in [6.07, 6.45) is 3.99. The minimum Gasteiger partial charge on any atom is -0.397 e. The van der Waals surface area contributed by atoms with E-state index in [0.717, 1.165) is 11.3 Å². The molecule has 0 fully saturated rings. The Labute approximate surface area is 84.0 Å². The van der Waals surface area contributed by atoms with Crippen LogP contribution in [0.25, 0.3) is 11.1 Å². The maximum Gasteiger partial charge on any atom is 0.0573 e. The smallest absolute Gasteiger partial charge is 0.0573 e. The van der Waals surface area contributed by atoms with Gasteiger partial charge in [-0.15, -0.1) is 0 Å². The molecule has 2 rings (SSSR count). The number of nitrogen functional groups attached to an aromatic ring is 1. The van der Waals surface area contributed by atoms with Crippen molar-refractivity contribution in [3.8, 4) is 11.1 Å². The van der Waals surface area contributed by atoms with Crippen molar-refractivity contribution in [3.63, 3.8) is 0 Å². The van der Waals surface area contributed by atoms with Gasteiger partial charge in [-0.25, -0.2) is 0 Å². The van der Waals surface area contributed by atoms with Crippen LogP contribution in [-0.4, -0.2) is 4.57 Å². The monoisotopic (exact) mass is 186 g/mol. The predicted molar refractivity (Wildman–Crippen MR) is 60.0 cm³/mol.